The summed E-state index contributed by atoms with van der Waals surface area (Å²) in [6, 6.07) is 16.0. The zero-order valence-electron chi connectivity index (χ0n) is 13.8. The Kier molecular flexibility index (Phi) is 4.44. The molecule has 7 heteroatoms. The lowest BCUT2D eigenvalue weighted by Gasteiger charge is -2.24. The van der Waals surface area contributed by atoms with Gasteiger partial charge in [0.1, 0.15) is 11.0 Å². The maximum atomic E-state index is 13.0. The van der Waals surface area contributed by atoms with Crippen LogP contribution < -0.4 is 10.9 Å². The Bertz CT molecular complexity index is 881. The second-order valence-electron chi connectivity index (χ2n) is 6.30. The number of rotatable bonds is 4. The zero-order valence-corrected chi connectivity index (χ0v) is 14.7. The number of fused-ring (bicyclic) bond motifs is 1. The van der Waals surface area contributed by atoms with Crippen LogP contribution in [-0.2, 0) is 11.3 Å². The fourth-order valence-electron chi connectivity index (χ4n) is 3.26. The predicted molar refractivity (Wildman–Crippen MR) is 97.7 cm³/mol. The average molecular weight is 353 g/mol. The van der Waals surface area contributed by atoms with E-state index in [0.717, 1.165) is 22.2 Å². The molecule has 0 saturated carbocycles. The van der Waals surface area contributed by atoms with Crippen LogP contribution in [0.5, 0.6) is 0 Å². The first-order chi connectivity index (χ1) is 12.2. The van der Waals surface area contributed by atoms with Crippen molar-refractivity contribution in [3.05, 3.63) is 59.7 Å². The molecule has 0 radical (unpaired) electrons. The number of benzene rings is 2. The van der Waals surface area contributed by atoms with Crippen molar-refractivity contribution in [2.75, 3.05) is 13.6 Å². The zero-order chi connectivity index (χ0) is 17.2. The summed E-state index contributed by atoms with van der Waals surface area (Å²) >= 11 is 1.21. The summed E-state index contributed by atoms with van der Waals surface area (Å²) in [5.41, 5.74) is 10.3. The molecular formula is C18H19N5OS. The number of amides is 1. The summed E-state index contributed by atoms with van der Waals surface area (Å²) in [7, 11) is 1.85. The number of hydrogen-bond acceptors (Lipinski definition) is 6. The lowest BCUT2D eigenvalue weighted by atomic mass is 9.93. The molecule has 1 aliphatic heterocycles. The van der Waals surface area contributed by atoms with Crippen molar-refractivity contribution in [1.82, 2.24) is 24.5 Å². The van der Waals surface area contributed by atoms with Crippen molar-refractivity contribution in [3.63, 3.8) is 0 Å². The van der Waals surface area contributed by atoms with E-state index in [4.69, 9.17) is 0 Å². The van der Waals surface area contributed by atoms with Gasteiger partial charge in [0, 0.05) is 20.1 Å². The number of hydrazine groups is 1. The van der Waals surface area contributed by atoms with Crippen molar-refractivity contribution in [2.24, 2.45) is 5.92 Å². The Balaban J connectivity index is 1.49. The quantitative estimate of drug-likeness (QED) is 0.752. The minimum atomic E-state index is -0.128. The van der Waals surface area contributed by atoms with Crippen LogP contribution >= 0.6 is 11.7 Å². The molecule has 4 rings (SSSR count). The first-order valence-corrected chi connectivity index (χ1v) is 8.95. The highest BCUT2D eigenvalue weighted by Gasteiger charge is 2.35. The van der Waals surface area contributed by atoms with Crippen molar-refractivity contribution in [3.8, 4) is 0 Å². The molecule has 2 aromatic carbocycles. The molecule has 2 atom stereocenters. The lowest BCUT2D eigenvalue weighted by Crippen LogP contribution is -2.36. The molecule has 6 nitrogen and oxygen atoms in total. The SMILES string of the molecule is CN(Cc1ccc2nsnc2c1)C(=O)C1CNNC1c1ccccc1. The van der Waals surface area contributed by atoms with E-state index in [-0.39, 0.29) is 17.9 Å². The number of carbonyl (C=O) groups is 1. The second-order valence-corrected chi connectivity index (χ2v) is 6.83. The largest absolute Gasteiger partial charge is 0.341 e. The molecule has 2 heterocycles. The maximum Gasteiger partial charge on any atom is 0.229 e. The highest BCUT2D eigenvalue weighted by atomic mass is 32.1. The molecule has 1 aliphatic rings. The van der Waals surface area contributed by atoms with Crippen LogP contribution in [0, 0.1) is 5.92 Å². The summed E-state index contributed by atoms with van der Waals surface area (Å²) < 4.78 is 8.48. The summed E-state index contributed by atoms with van der Waals surface area (Å²) in [6.45, 7) is 1.18. The number of nitrogens with zero attached hydrogens (tertiary/aromatic N) is 3. The van der Waals surface area contributed by atoms with E-state index in [1.165, 1.54) is 11.7 Å². The Morgan fingerprint density at radius 3 is 2.84 bits per heavy atom. The molecule has 2 N–H and O–H groups in total. The van der Waals surface area contributed by atoms with Gasteiger partial charge >= 0.3 is 0 Å². The Hall–Kier alpha value is -2.35. The number of nitrogens with one attached hydrogen (secondary N) is 2. The predicted octanol–water partition coefficient (Wildman–Crippen LogP) is 2.11. The maximum absolute atomic E-state index is 13.0. The van der Waals surface area contributed by atoms with Gasteiger partial charge in [0.25, 0.3) is 0 Å². The Labute approximate surface area is 150 Å². The molecule has 128 valence electrons. The van der Waals surface area contributed by atoms with Crippen LogP contribution in [0.1, 0.15) is 17.2 Å². The van der Waals surface area contributed by atoms with Crippen LogP contribution in [0.4, 0.5) is 0 Å². The van der Waals surface area contributed by atoms with E-state index in [0.29, 0.717) is 13.1 Å². The molecule has 0 aliphatic carbocycles. The fourth-order valence-corrected chi connectivity index (χ4v) is 3.78. The molecule has 0 spiro atoms. The molecule has 25 heavy (non-hydrogen) atoms. The van der Waals surface area contributed by atoms with Crippen LogP contribution in [0.2, 0.25) is 0 Å². The van der Waals surface area contributed by atoms with E-state index >= 15 is 0 Å². The molecule has 0 bridgehead atoms. The summed E-state index contributed by atoms with van der Waals surface area (Å²) in [5, 5.41) is 0. The van der Waals surface area contributed by atoms with E-state index < -0.39 is 0 Å². The van der Waals surface area contributed by atoms with Crippen LogP contribution in [0.15, 0.2) is 48.5 Å². The summed E-state index contributed by atoms with van der Waals surface area (Å²) in [5.74, 6) is -0.0000712. The van der Waals surface area contributed by atoms with Crippen molar-refractivity contribution in [1.29, 1.82) is 0 Å². The number of aromatic nitrogens is 2. The van der Waals surface area contributed by atoms with E-state index in [9.17, 15) is 4.79 Å². The van der Waals surface area contributed by atoms with Gasteiger partial charge in [0.05, 0.1) is 23.7 Å². The molecule has 1 aromatic heterocycles. The highest BCUT2D eigenvalue weighted by Crippen LogP contribution is 2.26. The van der Waals surface area contributed by atoms with Gasteiger partial charge in [-0.15, -0.1) is 0 Å². The van der Waals surface area contributed by atoms with Gasteiger partial charge in [-0.25, -0.2) is 5.43 Å². The van der Waals surface area contributed by atoms with Crippen molar-refractivity contribution in [2.45, 2.75) is 12.6 Å². The van der Waals surface area contributed by atoms with Gasteiger partial charge in [0.15, 0.2) is 0 Å². The number of carbonyl (C=O) groups excluding carboxylic acids is 1. The third-order valence-electron chi connectivity index (χ3n) is 4.57. The Morgan fingerprint density at radius 1 is 1.20 bits per heavy atom. The third-order valence-corrected chi connectivity index (χ3v) is 5.13. The molecule has 2 unspecified atom stereocenters. The monoisotopic (exact) mass is 353 g/mol. The van der Waals surface area contributed by atoms with Gasteiger partial charge in [0.2, 0.25) is 5.91 Å². The van der Waals surface area contributed by atoms with Gasteiger partial charge in [-0.3, -0.25) is 10.2 Å². The first kappa shape index (κ1) is 16.1. The third kappa shape index (κ3) is 3.26. The lowest BCUT2D eigenvalue weighted by molar-refractivity contribution is -0.134. The van der Waals surface area contributed by atoms with Gasteiger partial charge < -0.3 is 4.90 Å². The van der Waals surface area contributed by atoms with Gasteiger partial charge in [-0.1, -0.05) is 36.4 Å². The molecule has 3 aromatic rings. The molecule has 1 amide bonds. The van der Waals surface area contributed by atoms with Crippen molar-refractivity contribution >= 4 is 28.7 Å². The fraction of sp³-hybridized carbons (Fsp3) is 0.278. The van der Waals surface area contributed by atoms with Gasteiger partial charge in [-0.2, -0.15) is 8.75 Å². The normalized spacial score (nSPS) is 20.0. The molecule has 1 saturated heterocycles. The van der Waals surface area contributed by atoms with E-state index in [1.54, 1.807) is 4.90 Å². The first-order valence-electron chi connectivity index (χ1n) is 8.22. The number of hydrogen-bond donors (Lipinski definition) is 2. The van der Waals surface area contributed by atoms with Crippen LogP contribution in [0.3, 0.4) is 0 Å². The van der Waals surface area contributed by atoms with Crippen LogP contribution in [-0.4, -0.2) is 33.1 Å². The van der Waals surface area contributed by atoms with Crippen LogP contribution in [0.25, 0.3) is 11.0 Å². The van der Waals surface area contributed by atoms with E-state index in [1.807, 2.05) is 55.6 Å². The van der Waals surface area contributed by atoms with E-state index in [2.05, 4.69) is 19.6 Å². The minimum absolute atomic E-state index is 0.0126. The standard InChI is InChI=1S/C18H19N5OS/c1-23(11-12-7-8-15-16(9-12)22-25-21-15)18(24)14-10-19-20-17(14)13-5-3-2-4-6-13/h2-9,14,17,19-20H,10-11H2,1H3. The molecule has 1 fully saturated rings. The summed E-state index contributed by atoms with van der Waals surface area (Å²) in [6.07, 6.45) is 0. The topological polar surface area (TPSA) is 70.2 Å². The average Bonchev–Trinajstić information content (AvgIpc) is 3.30. The smallest absolute Gasteiger partial charge is 0.229 e. The second kappa shape index (κ2) is 6.87. The minimum Gasteiger partial charge on any atom is -0.341 e. The molecular weight excluding hydrogens is 334 g/mol. The highest BCUT2D eigenvalue weighted by molar-refractivity contribution is 7.00. The Morgan fingerprint density at radius 2 is 2.00 bits per heavy atom. The van der Waals surface area contributed by atoms with Crippen molar-refractivity contribution < 1.29 is 4.79 Å². The van der Waals surface area contributed by atoms with Gasteiger partial charge in [-0.05, 0) is 23.3 Å². The summed E-state index contributed by atoms with van der Waals surface area (Å²) in [4.78, 5) is 14.8.